The molecule has 0 aromatic carbocycles. The van der Waals surface area contributed by atoms with Gasteiger partial charge in [-0.05, 0) is 26.7 Å². The summed E-state index contributed by atoms with van der Waals surface area (Å²) < 4.78 is 28.2. The van der Waals surface area contributed by atoms with Gasteiger partial charge in [0.2, 0.25) is 10.0 Å². The van der Waals surface area contributed by atoms with Gasteiger partial charge in [0.25, 0.3) is 0 Å². The van der Waals surface area contributed by atoms with Crippen LogP contribution in [0.15, 0.2) is 0 Å². The lowest BCUT2D eigenvalue weighted by Crippen LogP contribution is -2.39. The summed E-state index contributed by atoms with van der Waals surface area (Å²) in [6.45, 7) is 4.45. The zero-order chi connectivity index (χ0) is 12.2. The highest BCUT2D eigenvalue weighted by Crippen LogP contribution is 2.37. The summed E-state index contributed by atoms with van der Waals surface area (Å²) in [7, 11) is -3.41. The van der Waals surface area contributed by atoms with Crippen LogP contribution in [0, 0.1) is 5.41 Å². The quantitative estimate of drug-likeness (QED) is 0.805. The van der Waals surface area contributed by atoms with E-state index in [-0.39, 0.29) is 17.3 Å². The van der Waals surface area contributed by atoms with E-state index in [1.54, 1.807) is 0 Å². The highest BCUT2D eigenvalue weighted by atomic mass is 32.2. The third-order valence-electron chi connectivity index (χ3n) is 3.14. The van der Waals surface area contributed by atoms with Crippen LogP contribution in [0.1, 0.15) is 46.0 Å². The van der Waals surface area contributed by atoms with Crippen molar-refractivity contribution < 1.29 is 13.2 Å². The van der Waals surface area contributed by atoms with Gasteiger partial charge in [0.05, 0.1) is 18.5 Å². The van der Waals surface area contributed by atoms with Crippen molar-refractivity contribution in [2.75, 3.05) is 12.4 Å². The minimum atomic E-state index is -3.41. The highest BCUT2D eigenvalue weighted by Gasteiger charge is 2.36. The third kappa shape index (κ3) is 4.80. The Balaban J connectivity index is 2.67. The number of hydrogen-bond donors (Lipinski definition) is 1. The number of primary sulfonamides is 1. The van der Waals surface area contributed by atoms with Crippen LogP contribution in [-0.4, -0.2) is 26.9 Å². The van der Waals surface area contributed by atoms with Crippen molar-refractivity contribution in [3.63, 3.8) is 0 Å². The largest absolute Gasteiger partial charge is 0.378 e. The van der Waals surface area contributed by atoms with E-state index in [0.29, 0.717) is 6.61 Å². The molecule has 0 aromatic rings. The number of ether oxygens (including phenoxy) is 1. The molecule has 0 radical (unpaired) electrons. The van der Waals surface area contributed by atoms with Crippen LogP contribution >= 0.6 is 0 Å². The second-order valence-corrected chi connectivity index (χ2v) is 6.84. The van der Waals surface area contributed by atoms with Crippen molar-refractivity contribution in [2.45, 2.75) is 52.1 Å². The molecule has 0 atom stereocenters. The average Bonchev–Trinajstić information content (AvgIpc) is 2.14. The molecule has 0 spiro atoms. The smallest absolute Gasteiger partial charge is 0.209 e. The fourth-order valence-electron chi connectivity index (χ4n) is 2.40. The van der Waals surface area contributed by atoms with Crippen LogP contribution < -0.4 is 5.14 Å². The number of nitrogens with two attached hydrogens (primary N) is 1. The van der Waals surface area contributed by atoms with Crippen molar-refractivity contribution in [2.24, 2.45) is 10.6 Å². The molecule has 1 rings (SSSR count). The highest BCUT2D eigenvalue weighted by molar-refractivity contribution is 7.89. The third-order valence-corrected chi connectivity index (χ3v) is 4.16. The van der Waals surface area contributed by atoms with E-state index in [4.69, 9.17) is 9.88 Å². The molecular weight excluding hydrogens is 226 g/mol. The molecule has 96 valence electrons. The van der Waals surface area contributed by atoms with Gasteiger partial charge < -0.3 is 4.74 Å². The summed E-state index contributed by atoms with van der Waals surface area (Å²) in [5.41, 5.74) is -0.240. The lowest BCUT2D eigenvalue weighted by Gasteiger charge is -2.36. The number of rotatable bonds is 5. The Bertz CT molecular complexity index is 305. The zero-order valence-electron chi connectivity index (χ0n) is 10.2. The van der Waals surface area contributed by atoms with E-state index in [1.807, 2.05) is 13.8 Å². The molecule has 0 bridgehead atoms. The van der Waals surface area contributed by atoms with Gasteiger partial charge in [-0.15, -0.1) is 0 Å². The molecule has 0 unspecified atom stereocenters. The van der Waals surface area contributed by atoms with Crippen LogP contribution in [0.2, 0.25) is 0 Å². The van der Waals surface area contributed by atoms with Crippen LogP contribution in [0.25, 0.3) is 0 Å². The molecule has 4 nitrogen and oxygen atoms in total. The van der Waals surface area contributed by atoms with Gasteiger partial charge in [-0.1, -0.05) is 19.3 Å². The molecule has 0 saturated heterocycles. The van der Waals surface area contributed by atoms with Gasteiger partial charge in [0.15, 0.2) is 0 Å². The van der Waals surface area contributed by atoms with Crippen molar-refractivity contribution in [3.8, 4) is 0 Å². The Labute approximate surface area is 98.6 Å². The Kier molecular flexibility index (Phi) is 4.76. The molecule has 0 amide bonds. The maximum atomic E-state index is 11.3. The summed E-state index contributed by atoms with van der Waals surface area (Å²) in [6, 6.07) is 0. The molecule has 1 saturated carbocycles. The molecule has 0 heterocycles. The maximum absolute atomic E-state index is 11.3. The van der Waals surface area contributed by atoms with E-state index in [2.05, 4.69) is 0 Å². The number of sulfonamides is 1. The Morgan fingerprint density at radius 2 is 1.81 bits per heavy atom. The average molecular weight is 249 g/mol. The SMILES string of the molecule is CC(C)OCC1(CS(N)(=O)=O)CCCCC1. The Hall–Kier alpha value is -0.130. The van der Waals surface area contributed by atoms with Gasteiger partial charge in [0, 0.05) is 5.41 Å². The summed E-state index contributed by atoms with van der Waals surface area (Å²) in [5.74, 6) is 0.0622. The lowest BCUT2D eigenvalue weighted by atomic mass is 9.76. The van der Waals surface area contributed by atoms with E-state index >= 15 is 0 Å². The molecule has 0 aromatic heterocycles. The van der Waals surface area contributed by atoms with Crippen LogP contribution in [0.3, 0.4) is 0 Å². The molecule has 5 heteroatoms. The molecule has 1 aliphatic carbocycles. The summed E-state index contributed by atoms with van der Waals surface area (Å²) >= 11 is 0. The first kappa shape index (κ1) is 13.9. The van der Waals surface area contributed by atoms with Gasteiger partial charge in [0.1, 0.15) is 0 Å². The first-order chi connectivity index (χ1) is 7.33. The molecule has 1 fully saturated rings. The molecule has 2 N–H and O–H groups in total. The predicted molar refractivity (Wildman–Crippen MR) is 64.6 cm³/mol. The van der Waals surface area contributed by atoms with Gasteiger partial charge in [-0.25, -0.2) is 13.6 Å². The van der Waals surface area contributed by atoms with Crippen LogP contribution in [0.4, 0.5) is 0 Å². The van der Waals surface area contributed by atoms with Crippen LogP contribution in [-0.2, 0) is 14.8 Å². The second-order valence-electron chi connectivity index (χ2n) is 5.23. The van der Waals surface area contributed by atoms with Crippen molar-refractivity contribution in [1.82, 2.24) is 0 Å². The Morgan fingerprint density at radius 1 is 1.25 bits per heavy atom. The van der Waals surface area contributed by atoms with Crippen molar-refractivity contribution in [1.29, 1.82) is 0 Å². The van der Waals surface area contributed by atoms with Gasteiger partial charge >= 0.3 is 0 Å². The topological polar surface area (TPSA) is 69.4 Å². The minimum Gasteiger partial charge on any atom is -0.378 e. The fourth-order valence-corrected chi connectivity index (χ4v) is 3.63. The summed E-state index contributed by atoms with van der Waals surface area (Å²) in [6.07, 6.45) is 5.31. The fraction of sp³-hybridized carbons (Fsp3) is 1.00. The van der Waals surface area contributed by atoms with E-state index < -0.39 is 10.0 Å². The van der Waals surface area contributed by atoms with E-state index in [9.17, 15) is 8.42 Å². The van der Waals surface area contributed by atoms with Crippen molar-refractivity contribution in [3.05, 3.63) is 0 Å². The number of hydrogen-bond acceptors (Lipinski definition) is 3. The first-order valence-electron chi connectivity index (χ1n) is 5.95. The van der Waals surface area contributed by atoms with Crippen LogP contribution in [0.5, 0.6) is 0 Å². The van der Waals surface area contributed by atoms with E-state index in [0.717, 1.165) is 25.7 Å². The molecule has 16 heavy (non-hydrogen) atoms. The monoisotopic (exact) mass is 249 g/mol. The molecular formula is C11H23NO3S. The summed E-state index contributed by atoms with van der Waals surface area (Å²) in [4.78, 5) is 0. The molecule has 1 aliphatic rings. The molecule has 0 aliphatic heterocycles. The minimum absolute atomic E-state index is 0.0622. The standard InChI is InChI=1S/C11H23NO3S/c1-10(2)15-8-11(9-16(12,13)14)6-4-3-5-7-11/h10H,3-9H2,1-2H3,(H2,12,13,14). The zero-order valence-corrected chi connectivity index (χ0v) is 11.1. The summed E-state index contributed by atoms with van der Waals surface area (Å²) in [5, 5.41) is 5.17. The predicted octanol–water partition coefficient (Wildman–Crippen LogP) is 1.65. The van der Waals surface area contributed by atoms with Gasteiger partial charge in [-0.2, -0.15) is 0 Å². The first-order valence-corrected chi connectivity index (χ1v) is 7.67. The maximum Gasteiger partial charge on any atom is 0.209 e. The van der Waals surface area contributed by atoms with Crippen molar-refractivity contribution >= 4 is 10.0 Å². The normalized spacial score (nSPS) is 21.2. The van der Waals surface area contributed by atoms with E-state index in [1.165, 1.54) is 6.42 Å². The van der Waals surface area contributed by atoms with Gasteiger partial charge in [-0.3, -0.25) is 0 Å². The Morgan fingerprint density at radius 3 is 2.25 bits per heavy atom. The lowest BCUT2D eigenvalue weighted by molar-refractivity contribution is -0.000216. The second kappa shape index (κ2) is 5.47.